The monoisotopic (exact) mass is 283 g/mol. The first kappa shape index (κ1) is 17.0. The van der Waals surface area contributed by atoms with Crippen molar-refractivity contribution in [3.8, 4) is 0 Å². The van der Waals surface area contributed by atoms with Crippen LogP contribution in [0.3, 0.4) is 0 Å². The lowest BCUT2D eigenvalue weighted by atomic mass is 10.0. The highest BCUT2D eigenvalue weighted by Crippen LogP contribution is 2.26. The zero-order valence-corrected chi connectivity index (χ0v) is 13.4. The van der Waals surface area contributed by atoms with Crippen molar-refractivity contribution in [3.63, 3.8) is 0 Å². The molecule has 0 aromatic carbocycles. The van der Waals surface area contributed by atoms with E-state index in [4.69, 9.17) is 4.74 Å². The van der Waals surface area contributed by atoms with E-state index in [1.54, 1.807) is 0 Å². The lowest BCUT2D eigenvalue weighted by Crippen LogP contribution is -2.42. The molecule has 0 aromatic rings. The first-order chi connectivity index (χ1) is 9.35. The second-order valence-electron chi connectivity index (χ2n) is 6.64. The fourth-order valence-corrected chi connectivity index (χ4v) is 2.56. The van der Waals surface area contributed by atoms with Crippen LogP contribution in [-0.4, -0.2) is 28.5 Å². The van der Waals surface area contributed by atoms with Gasteiger partial charge in [-0.2, -0.15) is 0 Å². The van der Waals surface area contributed by atoms with Gasteiger partial charge in [-0.3, -0.25) is 4.79 Å². The molecule has 2 amide bonds. The molecular formula is C16H29NO3. The van der Waals surface area contributed by atoms with Crippen LogP contribution < -0.4 is 0 Å². The highest BCUT2D eigenvalue weighted by molar-refractivity contribution is 5.94. The summed E-state index contributed by atoms with van der Waals surface area (Å²) in [6.45, 7) is 7.67. The van der Waals surface area contributed by atoms with Crippen LogP contribution in [0.1, 0.15) is 79.1 Å². The number of carbonyl (C=O) groups excluding carboxylic acids is 2. The van der Waals surface area contributed by atoms with Crippen molar-refractivity contribution in [1.29, 1.82) is 0 Å². The van der Waals surface area contributed by atoms with Crippen LogP contribution in [0.25, 0.3) is 0 Å². The van der Waals surface area contributed by atoms with Gasteiger partial charge >= 0.3 is 6.09 Å². The van der Waals surface area contributed by atoms with E-state index >= 15 is 0 Å². The summed E-state index contributed by atoms with van der Waals surface area (Å²) in [6.07, 6.45) is 7.69. The molecule has 4 heteroatoms. The molecule has 0 aliphatic carbocycles. The first-order valence-electron chi connectivity index (χ1n) is 7.90. The average molecular weight is 283 g/mol. The minimum Gasteiger partial charge on any atom is -0.443 e. The molecule has 0 spiro atoms. The van der Waals surface area contributed by atoms with E-state index in [1.807, 2.05) is 20.8 Å². The third-order valence-electron chi connectivity index (χ3n) is 3.56. The SMILES string of the molecule is CCCCCCC[C@@H]1CCC(=O)N1C(=O)OC(C)(C)C. The lowest BCUT2D eigenvalue weighted by molar-refractivity contribution is -0.128. The van der Waals surface area contributed by atoms with Crippen molar-refractivity contribution < 1.29 is 14.3 Å². The summed E-state index contributed by atoms with van der Waals surface area (Å²) in [4.78, 5) is 25.3. The minimum atomic E-state index is -0.550. The highest BCUT2D eigenvalue weighted by Gasteiger charge is 2.37. The summed E-state index contributed by atoms with van der Waals surface area (Å²) in [7, 11) is 0. The van der Waals surface area contributed by atoms with Gasteiger partial charge in [-0.25, -0.2) is 9.69 Å². The van der Waals surface area contributed by atoms with E-state index in [-0.39, 0.29) is 11.9 Å². The molecule has 1 atom stereocenters. The number of unbranched alkanes of at least 4 members (excludes halogenated alkanes) is 4. The van der Waals surface area contributed by atoms with Gasteiger partial charge in [0.25, 0.3) is 0 Å². The highest BCUT2D eigenvalue weighted by atomic mass is 16.6. The smallest absolute Gasteiger partial charge is 0.417 e. The Hall–Kier alpha value is -1.06. The number of nitrogens with zero attached hydrogens (tertiary/aromatic N) is 1. The zero-order chi connectivity index (χ0) is 15.2. The number of likely N-dealkylation sites (tertiary alicyclic amines) is 1. The Kier molecular flexibility index (Phi) is 6.50. The number of carbonyl (C=O) groups is 2. The van der Waals surface area contributed by atoms with Crippen LogP contribution in [0.15, 0.2) is 0 Å². The fraction of sp³-hybridized carbons (Fsp3) is 0.875. The molecule has 0 unspecified atom stereocenters. The number of ether oxygens (including phenoxy) is 1. The molecule has 116 valence electrons. The summed E-state index contributed by atoms with van der Waals surface area (Å²) in [6, 6.07) is 0.0407. The van der Waals surface area contributed by atoms with Gasteiger partial charge in [-0.15, -0.1) is 0 Å². The van der Waals surface area contributed by atoms with E-state index < -0.39 is 11.7 Å². The standard InChI is InChI=1S/C16H29NO3/c1-5-6-7-8-9-10-13-11-12-14(18)17(13)15(19)20-16(2,3)4/h13H,5-12H2,1-4H3/t13-/m1/s1. The van der Waals surface area contributed by atoms with Crippen LogP contribution in [0, 0.1) is 0 Å². The Labute approximate surface area is 122 Å². The fourth-order valence-electron chi connectivity index (χ4n) is 2.56. The van der Waals surface area contributed by atoms with Crippen molar-refractivity contribution in [2.45, 2.75) is 90.7 Å². The van der Waals surface area contributed by atoms with Crippen LogP contribution >= 0.6 is 0 Å². The number of hydrogen-bond acceptors (Lipinski definition) is 3. The molecule has 0 aromatic heterocycles. The van der Waals surface area contributed by atoms with Gasteiger partial charge in [0.05, 0.1) is 0 Å². The number of amides is 2. The third kappa shape index (κ3) is 5.51. The van der Waals surface area contributed by atoms with Crippen molar-refractivity contribution in [3.05, 3.63) is 0 Å². The normalized spacial score (nSPS) is 19.5. The molecule has 4 nitrogen and oxygen atoms in total. The van der Waals surface area contributed by atoms with Gasteiger partial charge < -0.3 is 4.74 Å². The lowest BCUT2D eigenvalue weighted by Gasteiger charge is -2.27. The summed E-state index contributed by atoms with van der Waals surface area (Å²) in [5, 5.41) is 0. The van der Waals surface area contributed by atoms with Crippen LogP contribution in [-0.2, 0) is 9.53 Å². The molecule has 1 aliphatic heterocycles. The van der Waals surface area contributed by atoms with Crippen LogP contribution in [0.5, 0.6) is 0 Å². The summed E-state index contributed by atoms with van der Waals surface area (Å²) < 4.78 is 5.33. The molecule has 0 bridgehead atoms. The van der Waals surface area contributed by atoms with E-state index in [2.05, 4.69) is 6.92 Å². The van der Waals surface area contributed by atoms with Crippen molar-refractivity contribution in [2.75, 3.05) is 0 Å². The Morgan fingerprint density at radius 2 is 1.90 bits per heavy atom. The minimum absolute atomic E-state index is 0.0407. The Bertz CT molecular complexity index is 333. The number of imide groups is 1. The molecule has 1 rings (SSSR count). The number of hydrogen-bond donors (Lipinski definition) is 0. The zero-order valence-electron chi connectivity index (χ0n) is 13.4. The second kappa shape index (κ2) is 7.65. The maximum atomic E-state index is 12.1. The summed E-state index contributed by atoms with van der Waals surface area (Å²) in [5.74, 6) is -0.0854. The first-order valence-corrected chi connectivity index (χ1v) is 7.90. The topological polar surface area (TPSA) is 46.6 Å². The maximum Gasteiger partial charge on any atom is 0.417 e. The quantitative estimate of drug-likeness (QED) is 0.684. The second-order valence-corrected chi connectivity index (χ2v) is 6.64. The Balaban J connectivity index is 2.45. The predicted octanol–water partition coefficient (Wildman–Crippen LogP) is 4.27. The molecule has 20 heavy (non-hydrogen) atoms. The Morgan fingerprint density at radius 3 is 2.50 bits per heavy atom. The third-order valence-corrected chi connectivity index (χ3v) is 3.56. The van der Waals surface area contributed by atoms with Gasteiger partial charge in [0.1, 0.15) is 5.60 Å². The predicted molar refractivity (Wildman–Crippen MR) is 79.5 cm³/mol. The van der Waals surface area contributed by atoms with E-state index in [1.165, 1.54) is 30.6 Å². The molecular weight excluding hydrogens is 254 g/mol. The van der Waals surface area contributed by atoms with Crippen molar-refractivity contribution in [2.24, 2.45) is 0 Å². The van der Waals surface area contributed by atoms with Gasteiger partial charge in [0.2, 0.25) is 5.91 Å². The van der Waals surface area contributed by atoms with E-state index in [0.29, 0.717) is 6.42 Å². The molecule has 0 N–H and O–H groups in total. The van der Waals surface area contributed by atoms with Gasteiger partial charge in [0.15, 0.2) is 0 Å². The van der Waals surface area contributed by atoms with Crippen LogP contribution in [0.4, 0.5) is 4.79 Å². The van der Waals surface area contributed by atoms with E-state index in [0.717, 1.165) is 19.3 Å². The molecule has 1 saturated heterocycles. The van der Waals surface area contributed by atoms with E-state index in [9.17, 15) is 9.59 Å². The van der Waals surface area contributed by atoms with Gasteiger partial charge in [-0.1, -0.05) is 39.0 Å². The molecule has 1 heterocycles. The Morgan fingerprint density at radius 1 is 1.25 bits per heavy atom. The molecule has 1 fully saturated rings. The largest absolute Gasteiger partial charge is 0.443 e. The van der Waals surface area contributed by atoms with Crippen LogP contribution in [0.2, 0.25) is 0 Å². The summed E-state index contributed by atoms with van der Waals surface area (Å²) in [5.41, 5.74) is -0.550. The van der Waals surface area contributed by atoms with Gasteiger partial charge in [-0.05, 0) is 33.6 Å². The average Bonchev–Trinajstić information content (AvgIpc) is 2.68. The molecule has 0 radical (unpaired) electrons. The number of rotatable bonds is 6. The summed E-state index contributed by atoms with van der Waals surface area (Å²) >= 11 is 0. The maximum absolute atomic E-state index is 12.1. The van der Waals surface area contributed by atoms with Crippen molar-refractivity contribution >= 4 is 12.0 Å². The van der Waals surface area contributed by atoms with Crippen molar-refractivity contribution in [1.82, 2.24) is 4.90 Å². The molecule has 0 saturated carbocycles. The van der Waals surface area contributed by atoms with Gasteiger partial charge in [0, 0.05) is 12.5 Å². The molecule has 1 aliphatic rings.